The highest BCUT2D eigenvalue weighted by atomic mass is 15.2. The molecule has 0 bridgehead atoms. The van der Waals surface area contributed by atoms with Crippen LogP contribution in [0, 0.1) is 11.3 Å². The number of hydrogen-bond donors (Lipinski definition) is 0. The third-order valence-corrected chi connectivity index (χ3v) is 8.98. The maximum atomic E-state index is 9.89. The molecule has 0 saturated heterocycles. The summed E-state index contributed by atoms with van der Waals surface area (Å²) in [5, 5.41) is 15.0. The molecular weight excluding hydrogens is 498 g/mol. The van der Waals surface area contributed by atoms with Gasteiger partial charge in [0.15, 0.2) is 5.71 Å². The predicted molar refractivity (Wildman–Crippen MR) is 173 cm³/mol. The van der Waals surface area contributed by atoms with E-state index in [1.807, 2.05) is 24.3 Å². The van der Waals surface area contributed by atoms with E-state index in [1.54, 1.807) is 0 Å². The summed E-state index contributed by atoms with van der Waals surface area (Å²) in [5.41, 5.74) is 7.91. The van der Waals surface area contributed by atoms with Crippen LogP contribution in [0.15, 0.2) is 121 Å². The molecule has 0 saturated carbocycles. The van der Waals surface area contributed by atoms with Crippen molar-refractivity contribution < 1.29 is 4.58 Å². The largest absolute Gasteiger partial charge is 0.347 e. The Morgan fingerprint density at radius 3 is 2.12 bits per heavy atom. The highest BCUT2D eigenvalue weighted by Crippen LogP contribution is 2.50. The third kappa shape index (κ3) is 4.14. The lowest BCUT2D eigenvalue weighted by molar-refractivity contribution is -0.401. The second kappa shape index (κ2) is 9.75. The Labute approximate surface area is 243 Å². The highest BCUT2D eigenvalue weighted by Gasteiger charge is 2.44. The average molecular weight is 535 g/mol. The van der Waals surface area contributed by atoms with E-state index >= 15 is 0 Å². The second-order valence-electron chi connectivity index (χ2n) is 12.1. The van der Waals surface area contributed by atoms with Gasteiger partial charge in [-0.05, 0) is 71.3 Å². The van der Waals surface area contributed by atoms with Crippen LogP contribution in [0.1, 0.15) is 38.8 Å². The summed E-state index contributed by atoms with van der Waals surface area (Å²) in [5.74, 6) is 0. The van der Waals surface area contributed by atoms with Gasteiger partial charge in [0.1, 0.15) is 7.05 Å². The number of nitriles is 1. The molecule has 2 aliphatic heterocycles. The summed E-state index contributed by atoms with van der Waals surface area (Å²) in [6, 6.07) is 28.4. The zero-order valence-corrected chi connectivity index (χ0v) is 24.7. The first-order chi connectivity index (χ1) is 19.7. The van der Waals surface area contributed by atoms with Gasteiger partial charge in [0.25, 0.3) is 0 Å². The number of allylic oxidation sites excluding steroid dienone is 8. The van der Waals surface area contributed by atoms with Gasteiger partial charge < -0.3 is 4.90 Å². The Bertz CT molecular complexity index is 1920. The standard InChI is InChI=1S/C38H36N3/c1-37(2)33(40(5)31-23-21-27-15-7-9-17-29(27)35(31)37)19-11-13-26(25-39)14-12-20-34-38(3,4)36-30-18-10-8-16-28(30)22-24-32(36)41(34)6/h7-24H,1-6H3/q+1. The van der Waals surface area contributed by atoms with Crippen LogP contribution in [0.2, 0.25) is 0 Å². The predicted octanol–water partition coefficient (Wildman–Crippen LogP) is 8.87. The molecule has 0 aliphatic carbocycles. The van der Waals surface area contributed by atoms with Crippen LogP contribution in [-0.4, -0.2) is 24.4 Å². The normalized spacial score (nSPS) is 18.7. The van der Waals surface area contributed by atoms with Gasteiger partial charge in [0, 0.05) is 41.6 Å². The smallest absolute Gasteiger partial charge is 0.210 e. The molecule has 2 heterocycles. The fraction of sp³-hybridized carbons (Fsp3) is 0.211. The van der Waals surface area contributed by atoms with Crippen LogP contribution in [0.4, 0.5) is 11.4 Å². The van der Waals surface area contributed by atoms with Crippen molar-refractivity contribution in [3.63, 3.8) is 0 Å². The summed E-state index contributed by atoms with van der Waals surface area (Å²) in [6.45, 7) is 9.13. The lowest BCUT2D eigenvalue weighted by Gasteiger charge is -2.24. The molecule has 4 aromatic carbocycles. The topological polar surface area (TPSA) is 30.0 Å². The molecule has 3 heteroatoms. The van der Waals surface area contributed by atoms with Crippen LogP contribution in [-0.2, 0) is 10.8 Å². The molecule has 0 amide bonds. The number of fused-ring (bicyclic) bond motifs is 6. The first-order valence-electron chi connectivity index (χ1n) is 14.2. The molecule has 0 fully saturated rings. The Morgan fingerprint density at radius 2 is 1.44 bits per heavy atom. The molecule has 0 N–H and O–H groups in total. The lowest BCUT2D eigenvalue weighted by Crippen LogP contribution is -2.26. The minimum absolute atomic E-state index is 0.153. The molecule has 0 spiro atoms. The van der Waals surface area contributed by atoms with E-state index < -0.39 is 0 Å². The number of likely N-dealkylation sites (N-methyl/N-ethyl adjacent to an activating group) is 1. The number of rotatable bonds is 4. The van der Waals surface area contributed by atoms with Gasteiger partial charge in [-0.2, -0.15) is 9.84 Å². The van der Waals surface area contributed by atoms with Gasteiger partial charge in [-0.3, -0.25) is 0 Å². The van der Waals surface area contributed by atoms with Crippen molar-refractivity contribution in [1.82, 2.24) is 0 Å². The highest BCUT2D eigenvalue weighted by molar-refractivity contribution is 6.07. The van der Waals surface area contributed by atoms with E-state index in [4.69, 9.17) is 0 Å². The van der Waals surface area contributed by atoms with Crippen LogP contribution in [0.5, 0.6) is 0 Å². The maximum absolute atomic E-state index is 9.89. The summed E-state index contributed by atoms with van der Waals surface area (Å²) in [4.78, 5) is 2.28. The zero-order chi connectivity index (χ0) is 28.9. The van der Waals surface area contributed by atoms with Gasteiger partial charge in [0.2, 0.25) is 5.69 Å². The minimum atomic E-state index is -0.153. The molecule has 3 nitrogen and oxygen atoms in total. The first-order valence-corrected chi connectivity index (χ1v) is 14.2. The van der Waals surface area contributed by atoms with Crippen LogP contribution < -0.4 is 4.90 Å². The van der Waals surface area contributed by atoms with Gasteiger partial charge in [-0.25, -0.2) is 0 Å². The number of benzene rings is 4. The fourth-order valence-electron chi connectivity index (χ4n) is 7.00. The number of nitrogens with zero attached hydrogens (tertiary/aromatic N) is 3. The van der Waals surface area contributed by atoms with Crippen LogP contribution in [0.3, 0.4) is 0 Å². The monoisotopic (exact) mass is 534 g/mol. The molecule has 2 aliphatic rings. The van der Waals surface area contributed by atoms with Crippen LogP contribution >= 0.6 is 0 Å². The number of anilines is 1. The summed E-state index contributed by atoms with van der Waals surface area (Å²) in [6.07, 6.45) is 12.1. The molecule has 0 radical (unpaired) electrons. The average Bonchev–Trinajstić information content (AvgIpc) is 3.29. The fourth-order valence-corrected chi connectivity index (χ4v) is 7.00. The van der Waals surface area contributed by atoms with Gasteiger partial charge in [0.05, 0.1) is 17.1 Å². The summed E-state index contributed by atoms with van der Waals surface area (Å²) < 4.78 is 2.28. The molecule has 0 aromatic heterocycles. The van der Waals surface area contributed by atoms with E-state index in [2.05, 4.69) is 142 Å². The minimum Gasteiger partial charge on any atom is -0.347 e. The van der Waals surface area contributed by atoms with E-state index in [-0.39, 0.29) is 10.8 Å². The summed E-state index contributed by atoms with van der Waals surface area (Å²) in [7, 11) is 4.26. The van der Waals surface area contributed by atoms with Crippen molar-refractivity contribution in [2.45, 2.75) is 38.5 Å². The molecule has 0 atom stereocenters. The molecular formula is C38H36N3+. The SMILES string of the molecule is CN1/C(=C/C=C/C(C#N)=C/C=C/C2=[N+](C)c3ccc4ccccc4c3C2(C)C)C(C)(C)c2c1ccc1ccccc21. The Morgan fingerprint density at radius 1 is 0.805 bits per heavy atom. The third-order valence-electron chi connectivity index (χ3n) is 8.98. The van der Waals surface area contributed by atoms with Gasteiger partial charge in [-0.15, -0.1) is 0 Å². The van der Waals surface area contributed by atoms with E-state index in [0.29, 0.717) is 5.57 Å². The van der Waals surface area contributed by atoms with Crippen molar-refractivity contribution in [1.29, 1.82) is 5.26 Å². The molecule has 0 unspecified atom stereocenters. The maximum Gasteiger partial charge on any atom is 0.210 e. The Balaban J connectivity index is 1.27. The van der Waals surface area contributed by atoms with Gasteiger partial charge in [-0.1, -0.05) is 80.6 Å². The Hall–Kier alpha value is -4.68. The molecule has 202 valence electrons. The van der Waals surface area contributed by atoms with E-state index in [0.717, 1.165) is 0 Å². The zero-order valence-electron chi connectivity index (χ0n) is 24.7. The molecule has 41 heavy (non-hydrogen) atoms. The van der Waals surface area contributed by atoms with Crippen molar-refractivity contribution in [2.24, 2.45) is 0 Å². The van der Waals surface area contributed by atoms with Gasteiger partial charge >= 0.3 is 0 Å². The first kappa shape index (κ1) is 26.5. The summed E-state index contributed by atoms with van der Waals surface area (Å²) >= 11 is 0. The number of hydrogen-bond acceptors (Lipinski definition) is 2. The molecule has 6 rings (SSSR count). The van der Waals surface area contributed by atoms with Crippen molar-refractivity contribution >= 4 is 38.6 Å². The lowest BCUT2D eigenvalue weighted by atomic mass is 9.79. The van der Waals surface area contributed by atoms with Crippen molar-refractivity contribution in [2.75, 3.05) is 19.0 Å². The van der Waals surface area contributed by atoms with E-state index in [9.17, 15) is 5.26 Å². The Kier molecular flexibility index (Phi) is 6.31. The second-order valence-corrected chi connectivity index (χ2v) is 12.1. The van der Waals surface area contributed by atoms with Crippen molar-refractivity contribution in [3.05, 3.63) is 132 Å². The quantitative estimate of drug-likeness (QED) is 0.149. The molecule has 4 aromatic rings. The van der Waals surface area contributed by atoms with E-state index in [1.165, 1.54) is 55.5 Å². The van der Waals surface area contributed by atoms with Crippen LogP contribution in [0.25, 0.3) is 21.5 Å². The van der Waals surface area contributed by atoms with Crippen molar-refractivity contribution in [3.8, 4) is 6.07 Å².